The van der Waals surface area contributed by atoms with Gasteiger partial charge >= 0.3 is 6.18 Å². The average molecular weight is 226 g/mol. The first-order chi connectivity index (χ1) is 6.54. The molecule has 1 aromatic rings. The van der Waals surface area contributed by atoms with Gasteiger partial charge in [-0.1, -0.05) is 11.3 Å². The Labute approximate surface area is 82.3 Å². The lowest BCUT2D eigenvalue weighted by molar-refractivity contribution is -0.138. The van der Waals surface area contributed by atoms with Crippen LogP contribution in [0.25, 0.3) is 0 Å². The fraction of sp³-hybridized carbons (Fsp3) is 0.667. The minimum atomic E-state index is -4.41. The van der Waals surface area contributed by atoms with E-state index in [4.69, 9.17) is 5.73 Å². The zero-order chi connectivity index (χ0) is 10.6. The van der Waals surface area contributed by atoms with Gasteiger partial charge in [-0.05, 0) is 13.0 Å². The molecule has 0 aliphatic rings. The van der Waals surface area contributed by atoms with Crippen LogP contribution >= 0.6 is 11.3 Å². The number of aromatic nitrogens is 2. The summed E-state index contributed by atoms with van der Waals surface area (Å²) >= 11 is 0.491. The second-order valence-electron chi connectivity index (χ2n) is 2.48. The van der Waals surface area contributed by atoms with Crippen LogP contribution in [0.4, 0.5) is 18.3 Å². The summed E-state index contributed by atoms with van der Waals surface area (Å²) in [6, 6.07) is 0. The number of halogens is 3. The number of nitrogens with two attached hydrogens (primary N) is 1. The van der Waals surface area contributed by atoms with E-state index in [0.29, 0.717) is 30.8 Å². The largest absolute Gasteiger partial charge is 0.445 e. The Morgan fingerprint density at radius 3 is 2.57 bits per heavy atom. The van der Waals surface area contributed by atoms with Gasteiger partial charge in [-0.3, -0.25) is 0 Å². The molecule has 80 valence electrons. The average Bonchev–Trinajstić information content (AvgIpc) is 2.52. The van der Waals surface area contributed by atoms with E-state index in [1.807, 2.05) is 0 Å². The summed E-state index contributed by atoms with van der Waals surface area (Å²) < 4.78 is 36.1. The molecule has 0 spiro atoms. The highest BCUT2D eigenvalue weighted by atomic mass is 32.1. The molecule has 0 saturated heterocycles. The van der Waals surface area contributed by atoms with Crippen molar-refractivity contribution in [3.05, 3.63) is 5.01 Å². The number of nitrogens with zero attached hydrogens (tertiary/aromatic N) is 2. The van der Waals surface area contributed by atoms with E-state index in [9.17, 15) is 13.2 Å². The molecule has 0 aliphatic heterocycles. The third kappa shape index (κ3) is 3.11. The highest BCUT2D eigenvalue weighted by Gasteiger charge is 2.35. The van der Waals surface area contributed by atoms with Gasteiger partial charge in [0.2, 0.25) is 10.1 Å². The lowest BCUT2D eigenvalue weighted by Gasteiger charge is -1.99. The molecule has 14 heavy (non-hydrogen) atoms. The van der Waals surface area contributed by atoms with Gasteiger partial charge < -0.3 is 11.1 Å². The van der Waals surface area contributed by atoms with E-state index in [1.165, 1.54) is 0 Å². The lowest BCUT2D eigenvalue weighted by Crippen LogP contribution is -2.08. The molecule has 8 heteroatoms. The van der Waals surface area contributed by atoms with Crippen LogP contribution in [0.3, 0.4) is 0 Å². The topological polar surface area (TPSA) is 63.8 Å². The normalized spacial score (nSPS) is 11.7. The van der Waals surface area contributed by atoms with Crippen LogP contribution in [-0.2, 0) is 6.18 Å². The molecule has 0 amide bonds. The van der Waals surface area contributed by atoms with Crippen LogP contribution in [0.5, 0.6) is 0 Å². The zero-order valence-electron chi connectivity index (χ0n) is 7.14. The first-order valence-electron chi connectivity index (χ1n) is 3.88. The molecule has 0 bridgehead atoms. The monoisotopic (exact) mass is 226 g/mol. The van der Waals surface area contributed by atoms with Crippen molar-refractivity contribution in [2.24, 2.45) is 5.73 Å². The SMILES string of the molecule is NCCCNc1nnc(C(F)(F)F)s1. The number of anilines is 1. The molecule has 0 aliphatic carbocycles. The molecule has 0 radical (unpaired) electrons. The third-order valence-corrected chi connectivity index (χ3v) is 2.25. The van der Waals surface area contributed by atoms with Gasteiger partial charge in [0.15, 0.2) is 0 Å². The maximum Gasteiger partial charge on any atom is 0.445 e. The number of alkyl halides is 3. The highest BCUT2D eigenvalue weighted by Crippen LogP contribution is 2.32. The molecule has 3 N–H and O–H groups in total. The molecular formula is C6H9F3N4S. The van der Waals surface area contributed by atoms with Crippen molar-refractivity contribution < 1.29 is 13.2 Å². The standard InChI is InChI=1S/C6H9F3N4S/c7-6(8,9)4-12-13-5(14-4)11-3-1-2-10/h1-3,10H2,(H,11,13). The van der Waals surface area contributed by atoms with E-state index < -0.39 is 11.2 Å². The van der Waals surface area contributed by atoms with Gasteiger partial charge in [-0.2, -0.15) is 13.2 Å². The summed E-state index contributed by atoms with van der Waals surface area (Å²) in [4.78, 5) is 0. The first kappa shape index (κ1) is 11.2. The summed E-state index contributed by atoms with van der Waals surface area (Å²) in [5, 5.41) is 8.30. The molecule has 1 rings (SSSR count). The van der Waals surface area contributed by atoms with Gasteiger partial charge in [0.05, 0.1) is 0 Å². The smallest absolute Gasteiger partial charge is 0.360 e. The number of hydrogen-bond donors (Lipinski definition) is 2. The van der Waals surface area contributed by atoms with Crippen molar-refractivity contribution in [1.82, 2.24) is 10.2 Å². The van der Waals surface area contributed by atoms with Gasteiger partial charge in [0, 0.05) is 6.54 Å². The van der Waals surface area contributed by atoms with Crippen molar-refractivity contribution >= 4 is 16.5 Å². The number of rotatable bonds is 4. The predicted molar refractivity (Wildman–Crippen MR) is 47.1 cm³/mol. The fourth-order valence-corrected chi connectivity index (χ4v) is 1.34. The van der Waals surface area contributed by atoms with E-state index in [1.54, 1.807) is 0 Å². The lowest BCUT2D eigenvalue weighted by atomic mass is 10.4. The highest BCUT2D eigenvalue weighted by molar-refractivity contribution is 7.15. The summed E-state index contributed by atoms with van der Waals surface area (Å²) in [5.41, 5.74) is 5.21. The van der Waals surface area contributed by atoms with E-state index >= 15 is 0 Å². The van der Waals surface area contributed by atoms with Crippen LogP contribution in [0.2, 0.25) is 0 Å². The molecule has 0 fully saturated rings. The summed E-state index contributed by atoms with van der Waals surface area (Å²) in [6.45, 7) is 0.987. The van der Waals surface area contributed by atoms with Crippen molar-refractivity contribution in [3.8, 4) is 0 Å². The molecule has 0 aromatic carbocycles. The Hall–Kier alpha value is -0.890. The van der Waals surface area contributed by atoms with Gasteiger partial charge in [-0.15, -0.1) is 10.2 Å². The van der Waals surface area contributed by atoms with E-state index in [0.717, 1.165) is 0 Å². The first-order valence-corrected chi connectivity index (χ1v) is 4.70. The van der Waals surface area contributed by atoms with Crippen LogP contribution in [0.1, 0.15) is 11.4 Å². The minimum absolute atomic E-state index is 0.172. The van der Waals surface area contributed by atoms with Crippen LogP contribution in [0, 0.1) is 0 Å². The number of nitrogens with one attached hydrogen (secondary N) is 1. The Kier molecular flexibility index (Phi) is 3.64. The van der Waals surface area contributed by atoms with Crippen molar-refractivity contribution in [1.29, 1.82) is 0 Å². The van der Waals surface area contributed by atoms with Gasteiger partial charge in [0.1, 0.15) is 0 Å². The quantitative estimate of drug-likeness (QED) is 0.760. The van der Waals surface area contributed by atoms with Gasteiger partial charge in [0.25, 0.3) is 0 Å². The van der Waals surface area contributed by atoms with Crippen molar-refractivity contribution in [2.45, 2.75) is 12.6 Å². The van der Waals surface area contributed by atoms with Gasteiger partial charge in [-0.25, -0.2) is 0 Å². The Morgan fingerprint density at radius 2 is 2.07 bits per heavy atom. The fourth-order valence-electron chi connectivity index (χ4n) is 0.707. The minimum Gasteiger partial charge on any atom is -0.360 e. The maximum atomic E-state index is 12.0. The van der Waals surface area contributed by atoms with Crippen LogP contribution in [-0.4, -0.2) is 23.3 Å². The van der Waals surface area contributed by atoms with E-state index in [2.05, 4.69) is 15.5 Å². The van der Waals surface area contributed by atoms with Crippen molar-refractivity contribution in [3.63, 3.8) is 0 Å². The second-order valence-corrected chi connectivity index (χ2v) is 3.46. The van der Waals surface area contributed by atoms with E-state index in [-0.39, 0.29) is 5.13 Å². The zero-order valence-corrected chi connectivity index (χ0v) is 7.95. The van der Waals surface area contributed by atoms with Crippen molar-refractivity contribution in [2.75, 3.05) is 18.4 Å². The Morgan fingerprint density at radius 1 is 1.36 bits per heavy atom. The number of hydrogen-bond acceptors (Lipinski definition) is 5. The molecule has 1 heterocycles. The molecular weight excluding hydrogens is 217 g/mol. The Balaban J connectivity index is 2.51. The molecule has 0 atom stereocenters. The maximum absolute atomic E-state index is 12.0. The summed E-state index contributed by atoms with van der Waals surface area (Å²) in [6.07, 6.45) is -3.73. The molecule has 1 aromatic heterocycles. The molecule has 4 nitrogen and oxygen atoms in total. The van der Waals surface area contributed by atoms with Crippen LogP contribution in [0.15, 0.2) is 0 Å². The second kappa shape index (κ2) is 4.56. The Bertz CT molecular complexity index is 285. The molecule has 0 saturated carbocycles. The summed E-state index contributed by atoms with van der Waals surface area (Å²) in [5.74, 6) is 0. The third-order valence-electron chi connectivity index (χ3n) is 1.32. The summed E-state index contributed by atoms with van der Waals surface area (Å²) in [7, 11) is 0. The predicted octanol–water partition coefficient (Wildman–Crippen LogP) is 1.32. The molecule has 0 unspecified atom stereocenters. The van der Waals surface area contributed by atoms with Crippen LogP contribution < -0.4 is 11.1 Å².